The second kappa shape index (κ2) is 8.97. The molecule has 2 saturated heterocycles. The molecule has 0 aliphatic carbocycles. The van der Waals surface area contributed by atoms with E-state index in [9.17, 15) is 4.79 Å². The van der Waals surface area contributed by atoms with Gasteiger partial charge in [0, 0.05) is 67.3 Å². The van der Waals surface area contributed by atoms with E-state index in [1.165, 1.54) is 17.1 Å². The second-order valence-corrected chi connectivity index (χ2v) is 8.40. The maximum atomic E-state index is 12.3. The molecule has 0 bridgehead atoms. The Kier molecular flexibility index (Phi) is 6.68. The number of carbonyl (C=O) groups is 1. The lowest BCUT2D eigenvalue weighted by Crippen LogP contribution is -2.40. The van der Waals surface area contributed by atoms with Crippen molar-refractivity contribution in [3.05, 3.63) is 29.8 Å². The Balaban J connectivity index is 1.57. The molecule has 0 aromatic heterocycles. The lowest BCUT2D eigenvalue weighted by molar-refractivity contribution is -0.116. The molecule has 2 heterocycles. The molecule has 3 rings (SSSR count). The number of thioether (sulfide) groups is 2. The first-order valence-electron chi connectivity index (χ1n) is 8.30. The predicted octanol–water partition coefficient (Wildman–Crippen LogP) is 2.27. The number of amides is 1. The van der Waals surface area contributed by atoms with Gasteiger partial charge in [0.05, 0.1) is 0 Å². The molecular formula is C17H25N3OS2. The minimum absolute atomic E-state index is 0.117. The molecule has 2 aliphatic rings. The quantitative estimate of drug-likeness (QED) is 0.852. The number of nitrogens with zero attached hydrogens (tertiary/aromatic N) is 1. The standard InChI is InChI=1S/C17H25N3OS2/c21-17(11-15-13-23-8-5-18-15)19-16-4-2-1-3-14(16)12-20-6-9-22-10-7-20/h1-4,15,18H,5-13H2,(H,19,21). The highest BCUT2D eigenvalue weighted by Gasteiger charge is 2.18. The molecule has 1 unspecified atom stereocenters. The fourth-order valence-electron chi connectivity index (χ4n) is 2.96. The van der Waals surface area contributed by atoms with E-state index in [0.29, 0.717) is 12.5 Å². The van der Waals surface area contributed by atoms with Gasteiger partial charge in [-0.05, 0) is 11.6 Å². The Bertz CT molecular complexity index is 514. The van der Waals surface area contributed by atoms with E-state index in [4.69, 9.17) is 0 Å². The summed E-state index contributed by atoms with van der Waals surface area (Å²) in [5.41, 5.74) is 2.19. The second-order valence-electron chi connectivity index (χ2n) is 6.02. The molecule has 0 spiro atoms. The minimum Gasteiger partial charge on any atom is -0.326 e. The number of para-hydroxylation sites is 1. The highest BCUT2D eigenvalue weighted by Crippen LogP contribution is 2.20. The monoisotopic (exact) mass is 351 g/mol. The van der Waals surface area contributed by atoms with Crippen molar-refractivity contribution in [2.75, 3.05) is 48.0 Å². The fraction of sp³-hybridized carbons (Fsp3) is 0.588. The van der Waals surface area contributed by atoms with Gasteiger partial charge < -0.3 is 10.6 Å². The van der Waals surface area contributed by atoms with Crippen molar-refractivity contribution >= 4 is 35.1 Å². The van der Waals surface area contributed by atoms with Crippen LogP contribution in [0.1, 0.15) is 12.0 Å². The van der Waals surface area contributed by atoms with Crippen molar-refractivity contribution in [1.29, 1.82) is 0 Å². The van der Waals surface area contributed by atoms with Crippen molar-refractivity contribution in [1.82, 2.24) is 10.2 Å². The highest BCUT2D eigenvalue weighted by atomic mass is 32.2. The van der Waals surface area contributed by atoms with Gasteiger partial charge in [-0.1, -0.05) is 18.2 Å². The van der Waals surface area contributed by atoms with E-state index in [-0.39, 0.29) is 5.91 Å². The van der Waals surface area contributed by atoms with E-state index in [0.717, 1.165) is 43.4 Å². The third-order valence-electron chi connectivity index (χ3n) is 4.22. The van der Waals surface area contributed by atoms with Gasteiger partial charge in [0.15, 0.2) is 0 Å². The molecule has 2 N–H and O–H groups in total. The summed E-state index contributed by atoms with van der Waals surface area (Å²) in [5, 5.41) is 6.55. The maximum Gasteiger partial charge on any atom is 0.225 e. The van der Waals surface area contributed by atoms with E-state index in [1.54, 1.807) is 0 Å². The van der Waals surface area contributed by atoms with Gasteiger partial charge in [0.1, 0.15) is 0 Å². The molecule has 6 heteroatoms. The van der Waals surface area contributed by atoms with Gasteiger partial charge in [0.25, 0.3) is 0 Å². The van der Waals surface area contributed by atoms with Gasteiger partial charge in [0.2, 0.25) is 5.91 Å². The van der Waals surface area contributed by atoms with Gasteiger partial charge in [-0.15, -0.1) is 0 Å². The average Bonchev–Trinajstić information content (AvgIpc) is 2.58. The van der Waals surface area contributed by atoms with Crippen LogP contribution in [0.4, 0.5) is 5.69 Å². The minimum atomic E-state index is 0.117. The summed E-state index contributed by atoms with van der Waals surface area (Å²) >= 11 is 3.95. The molecule has 1 aromatic rings. The molecule has 2 fully saturated rings. The third-order valence-corrected chi connectivity index (χ3v) is 6.29. The Morgan fingerprint density at radius 2 is 2.04 bits per heavy atom. The summed E-state index contributed by atoms with van der Waals surface area (Å²) in [6, 6.07) is 8.52. The molecule has 0 saturated carbocycles. The van der Waals surface area contributed by atoms with Gasteiger partial charge in [-0.25, -0.2) is 0 Å². The predicted molar refractivity (Wildman–Crippen MR) is 101 cm³/mol. The number of hydrogen-bond donors (Lipinski definition) is 2. The van der Waals surface area contributed by atoms with Crippen molar-refractivity contribution in [2.45, 2.75) is 19.0 Å². The summed E-state index contributed by atoms with van der Waals surface area (Å²) in [7, 11) is 0. The van der Waals surface area contributed by atoms with Gasteiger partial charge in [-0.2, -0.15) is 23.5 Å². The van der Waals surface area contributed by atoms with Crippen LogP contribution in [0.3, 0.4) is 0 Å². The Morgan fingerprint density at radius 1 is 1.22 bits per heavy atom. The van der Waals surface area contributed by atoms with Crippen molar-refractivity contribution in [2.24, 2.45) is 0 Å². The molecule has 23 heavy (non-hydrogen) atoms. The summed E-state index contributed by atoms with van der Waals surface area (Å²) in [5.74, 6) is 4.71. The van der Waals surface area contributed by atoms with E-state index in [1.807, 2.05) is 35.7 Å². The number of nitrogens with one attached hydrogen (secondary N) is 2. The number of benzene rings is 1. The van der Waals surface area contributed by atoms with E-state index < -0.39 is 0 Å². The molecule has 1 amide bonds. The molecule has 0 radical (unpaired) electrons. The largest absolute Gasteiger partial charge is 0.326 e. The first-order chi connectivity index (χ1) is 11.3. The first kappa shape index (κ1) is 17.1. The lowest BCUT2D eigenvalue weighted by atomic mass is 10.1. The molecule has 1 atom stereocenters. The number of hydrogen-bond acceptors (Lipinski definition) is 5. The van der Waals surface area contributed by atoms with Crippen LogP contribution in [0, 0.1) is 0 Å². The lowest BCUT2D eigenvalue weighted by Gasteiger charge is -2.27. The van der Waals surface area contributed by atoms with Crippen LogP contribution >= 0.6 is 23.5 Å². The zero-order chi connectivity index (χ0) is 15.9. The Labute approximate surface area is 147 Å². The molecule has 126 valence electrons. The number of anilines is 1. The Hall–Kier alpha value is -0.690. The fourth-order valence-corrected chi connectivity index (χ4v) is 4.88. The van der Waals surface area contributed by atoms with Crippen LogP contribution in [0.25, 0.3) is 0 Å². The summed E-state index contributed by atoms with van der Waals surface area (Å²) in [6.07, 6.45) is 0.557. The zero-order valence-electron chi connectivity index (χ0n) is 13.4. The summed E-state index contributed by atoms with van der Waals surface area (Å²) in [4.78, 5) is 14.8. The Morgan fingerprint density at radius 3 is 2.83 bits per heavy atom. The normalized spacial score (nSPS) is 22.7. The average molecular weight is 352 g/mol. The smallest absolute Gasteiger partial charge is 0.225 e. The molecule has 4 nitrogen and oxygen atoms in total. The van der Waals surface area contributed by atoms with Crippen molar-refractivity contribution in [3.8, 4) is 0 Å². The van der Waals surface area contributed by atoms with Crippen LogP contribution in [0.5, 0.6) is 0 Å². The van der Waals surface area contributed by atoms with Crippen LogP contribution < -0.4 is 10.6 Å². The molecule has 2 aliphatic heterocycles. The number of carbonyl (C=O) groups excluding carboxylic acids is 1. The van der Waals surface area contributed by atoms with E-state index >= 15 is 0 Å². The first-order valence-corrected chi connectivity index (χ1v) is 10.6. The van der Waals surface area contributed by atoms with Crippen molar-refractivity contribution < 1.29 is 4.79 Å². The van der Waals surface area contributed by atoms with Crippen molar-refractivity contribution in [3.63, 3.8) is 0 Å². The van der Waals surface area contributed by atoms with Gasteiger partial charge >= 0.3 is 0 Å². The summed E-state index contributed by atoms with van der Waals surface area (Å²) in [6.45, 7) is 4.20. The van der Waals surface area contributed by atoms with Gasteiger partial charge in [-0.3, -0.25) is 9.69 Å². The van der Waals surface area contributed by atoms with Crippen LogP contribution in [-0.4, -0.2) is 59.5 Å². The van der Waals surface area contributed by atoms with Crippen LogP contribution in [0.2, 0.25) is 0 Å². The van der Waals surface area contributed by atoms with Crippen LogP contribution in [0.15, 0.2) is 24.3 Å². The number of rotatable bonds is 5. The highest BCUT2D eigenvalue weighted by molar-refractivity contribution is 7.99. The summed E-state index contributed by atoms with van der Waals surface area (Å²) < 4.78 is 0. The zero-order valence-corrected chi connectivity index (χ0v) is 15.1. The third kappa shape index (κ3) is 5.41. The molecular weight excluding hydrogens is 326 g/mol. The SMILES string of the molecule is O=C(CC1CSCCN1)Nc1ccccc1CN1CCSCC1. The van der Waals surface area contributed by atoms with Crippen LogP contribution in [-0.2, 0) is 11.3 Å². The van der Waals surface area contributed by atoms with E-state index in [2.05, 4.69) is 27.7 Å². The maximum absolute atomic E-state index is 12.3. The molecule has 1 aromatic carbocycles. The topological polar surface area (TPSA) is 44.4 Å².